The van der Waals surface area contributed by atoms with Gasteiger partial charge in [-0.15, -0.1) is 0 Å². The van der Waals surface area contributed by atoms with Crippen molar-refractivity contribution in [3.8, 4) is 5.75 Å². The zero-order chi connectivity index (χ0) is 17.8. The lowest BCUT2D eigenvalue weighted by Gasteiger charge is -2.42. The van der Waals surface area contributed by atoms with Crippen LogP contribution in [0, 0.1) is 5.92 Å². The molecule has 2 aliphatic heterocycles. The minimum absolute atomic E-state index is 0.119. The molecule has 1 aromatic carbocycles. The van der Waals surface area contributed by atoms with Crippen molar-refractivity contribution in [2.75, 3.05) is 26.7 Å². The Labute approximate surface area is 152 Å². The van der Waals surface area contributed by atoms with Gasteiger partial charge < -0.3 is 14.5 Å². The maximum Gasteiger partial charge on any atom is 0.253 e. The van der Waals surface area contributed by atoms with Crippen LogP contribution in [0.5, 0.6) is 5.75 Å². The maximum absolute atomic E-state index is 12.8. The Bertz CT molecular complexity index is 579. The number of benzene rings is 1. The van der Waals surface area contributed by atoms with Gasteiger partial charge in [0.05, 0.1) is 6.10 Å². The second-order valence-corrected chi connectivity index (χ2v) is 7.87. The number of carbonyl (C=O) groups is 1. The first-order valence-corrected chi connectivity index (χ1v) is 9.81. The fourth-order valence-electron chi connectivity index (χ4n) is 4.34. The Hall–Kier alpha value is -1.55. The third-order valence-electron chi connectivity index (χ3n) is 5.65. The van der Waals surface area contributed by atoms with Gasteiger partial charge in [0, 0.05) is 24.7 Å². The molecule has 2 saturated heterocycles. The molecule has 4 nitrogen and oxygen atoms in total. The van der Waals surface area contributed by atoms with Gasteiger partial charge in [-0.1, -0.05) is 12.5 Å². The van der Waals surface area contributed by atoms with Crippen LogP contribution in [-0.4, -0.2) is 54.5 Å². The maximum atomic E-state index is 12.8. The number of hydrogen-bond acceptors (Lipinski definition) is 3. The number of amides is 1. The van der Waals surface area contributed by atoms with Gasteiger partial charge in [0.1, 0.15) is 5.75 Å². The molecular weight excluding hydrogens is 312 g/mol. The van der Waals surface area contributed by atoms with E-state index in [0.29, 0.717) is 6.04 Å². The summed E-state index contributed by atoms with van der Waals surface area (Å²) in [6, 6.07) is 8.32. The summed E-state index contributed by atoms with van der Waals surface area (Å²) in [5.41, 5.74) is 0.742. The van der Waals surface area contributed by atoms with E-state index in [1.165, 1.54) is 25.8 Å². The van der Waals surface area contributed by atoms with Crippen LogP contribution in [0.3, 0.4) is 0 Å². The van der Waals surface area contributed by atoms with Crippen LogP contribution < -0.4 is 4.74 Å². The summed E-state index contributed by atoms with van der Waals surface area (Å²) >= 11 is 0. The van der Waals surface area contributed by atoms with Crippen molar-refractivity contribution in [3.63, 3.8) is 0 Å². The average molecular weight is 344 g/mol. The summed E-state index contributed by atoms with van der Waals surface area (Å²) in [5, 5.41) is 0. The molecule has 1 unspecified atom stereocenters. The second-order valence-electron chi connectivity index (χ2n) is 7.87. The van der Waals surface area contributed by atoms with Crippen molar-refractivity contribution in [1.29, 1.82) is 0 Å². The van der Waals surface area contributed by atoms with Gasteiger partial charge in [0.15, 0.2) is 0 Å². The highest BCUT2D eigenvalue weighted by Gasteiger charge is 2.32. The Morgan fingerprint density at radius 2 is 1.88 bits per heavy atom. The van der Waals surface area contributed by atoms with Gasteiger partial charge in [0.2, 0.25) is 0 Å². The quantitative estimate of drug-likeness (QED) is 0.833. The van der Waals surface area contributed by atoms with Crippen LogP contribution >= 0.6 is 0 Å². The van der Waals surface area contributed by atoms with Gasteiger partial charge in [-0.05, 0) is 77.2 Å². The third-order valence-corrected chi connectivity index (χ3v) is 5.65. The molecule has 2 heterocycles. The number of piperidine rings is 2. The van der Waals surface area contributed by atoms with Gasteiger partial charge in [-0.3, -0.25) is 4.79 Å². The Balaban J connectivity index is 1.58. The molecule has 3 rings (SSSR count). The molecule has 2 aliphatic rings. The molecule has 0 saturated carbocycles. The summed E-state index contributed by atoms with van der Waals surface area (Å²) in [6.07, 6.45) is 6.39. The molecule has 4 heteroatoms. The lowest BCUT2D eigenvalue weighted by Crippen LogP contribution is -2.47. The summed E-state index contributed by atoms with van der Waals surface area (Å²) in [4.78, 5) is 17.4. The number of ether oxygens (including phenoxy) is 1. The molecule has 0 spiro atoms. The van der Waals surface area contributed by atoms with E-state index in [9.17, 15) is 4.79 Å². The van der Waals surface area contributed by atoms with Crippen molar-refractivity contribution in [3.05, 3.63) is 29.8 Å². The number of carbonyl (C=O) groups excluding carboxylic acids is 1. The van der Waals surface area contributed by atoms with Crippen LogP contribution in [0.2, 0.25) is 0 Å². The number of likely N-dealkylation sites (tertiary alicyclic amines) is 2. The minimum Gasteiger partial charge on any atom is -0.491 e. The molecule has 0 aromatic heterocycles. The van der Waals surface area contributed by atoms with Crippen molar-refractivity contribution >= 4 is 5.91 Å². The van der Waals surface area contributed by atoms with Crippen molar-refractivity contribution < 1.29 is 9.53 Å². The normalized spacial score (nSPS) is 23.0. The summed E-state index contributed by atoms with van der Waals surface area (Å²) in [6.45, 7) is 6.99. The van der Waals surface area contributed by atoms with Gasteiger partial charge >= 0.3 is 0 Å². The molecule has 2 fully saturated rings. The number of rotatable bonds is 4. The van der Waals surface area contributed by atoms with E-state index in [2.05, 4.69) is 11.9 Å². The highest BCUT2D eigenvalue weighted by molar-refractivity contribution is 5.94. The summed E-state index contributed by atoms with van der Waals surface area (Å²) < 4.78 is 5.72. The number of hydrogen-bond donors (Lipinski definition) is 0. The van der Waals surface area contributed by atoms with Crippen LogP contribution in [0.25, 0.3) is 0 Å². The molecule has 138 valence electrons. The first-order valence-electron chi connectivity index (χ1n) is 9.81. The molecule has 25 heavy (non-hydrogen) atoms. The topological polar surface area (TPSA) is 32.8 Å². The largest absolute Gasteiger partial charge is 0.491 e. The molecule has 0 N–H and O–H groups in total. The van der Waals surface area contributed by atoms with E-state index in [0.717, 1.165) is 43.2 Å². The number of nitrogens with zero attached hydrogens (tertiary/aromatic N) is 2. The highest BCUT2D eigenvalue weighted by atomic mass is 16.5. The predicted octanol–water partition coefficient (Wildman–Crippen LogP) is 3.81. The first kappa shape index (κ1) is 18.2. The zero-order valence-corrected chi connectivity index (χ0v) is 15.9. The SMILES string of the molecule is CC(C)Oc1cccc(C(=O)N2CCC(C3CCCCN3C)CC2)c1. The summed E-state index contributed by atoms with van der Waals surface area (Å²) in [5.74, 6) is 1.66. The third kappa shape index (κ3) is 4.55. The van der Waals surface area contributed by atoms with E-state index in [1.807, 2.05) is 43.0 Å². The van der Waals surface area contributed by atoms with E-state index < -0.39 is 0 Å². The first-order chi connectivity index (χ1) is 12.0. The van der Waals surface area contributed by atoms with Crippen LogP contribution in [-0.2, 0) is 0 Å². The van der Waals surface area contributed by atoms with Crippen LogP contribution in [0.4, 0.5) is 0 Å². The zero-order valence-electron chi connectivity index (χ0n) is 15.9. The van der Waals surface area contributed by atoms with E-state index in [-0.39, 0.29) is 12.0 Å². The Morgan fingerprint density at radius 3 is 2.56 bits per heavy atom. The van der Waals surface area contributed by atoms with Gasteiger partial charge in [-0.25, -0.2) is 0 Å². The van der Waals surface area contributed by atoms with E-state index in [4.69, 9.17) is 4.74 Å². The van der Waals surface area contributed by atoms with Gasteiger partial charge in [-0.2, -0.15) is 0 Å². The summed E-state index contributed by atoms with van der Waals surface area (Å²) in [7, 11) is 2.27. The highest BCUT2D eigenvalue weighted by Crippen LogP contribution is 2.30. The standard InChI is InChI=1S/C21H32N2O2/c1-16(2)25-19-8-6-7-18(15-19)21(24)23-13-10-17(11-14-23)20-9-4-5-12-22(20)3/h6-8,15-17,20H,4-5,9-14H2,1-3H3. The predicted molar refractivity (Wildman–Crippen MR) is 101 cm³/mol. The van der Waals surface area contributed by atoms with E-state index in [1.54, 1.807) is 0 Å². The lowest BCUT2D eigenvalue weighted by atomic mass is 9.84. The van der Waals surface area contributed by atoms with Crippen LogP contribution in [0.1, 0.15) is 56.3 Å². The minimum atomic E-state index is 0.119. The molecular formula is C21H32N2O2. The second kappa shape index (κ2) is 8.22. The monoisotopic (exact) mass is 344 g/mol. The van der Waals surface area contributed by atoms with Gasteiger partial charge in [0.25, 0.3) is 5.91 Å². The Morgan fingerprint density at radius 1 is 1.12 bits per heavy atom. The molecule has 1 amide bonds. The molecule has 1 atom stereocenters. The van der Waals surface area contributed by atoms with Crippen LogP contribution in [0.15, 0.2) is 24.3 Å². The molecule has 0 aliphatic carbocycles. The molecule has 0 bridgehead atoms. The average Bonchev–Trinajstić information content (AvgIpc) is 2.61. The van der Waals surface area contributed by atoms with E-state index >= 15 is 0 Å². The lowest BCUT2D eigenvalue weighted by molar-refractivity contribution is 0.0554. The smallest absolute Gasteiger partial charge is 0.253 e. The van der Waals surface area contributed by atoms with Crippen molar-refractivity contribution in [2.24, 2.45) is 5.92 Å². The van der Waals surface area contributed by atoms with Crippen molar-refractivity contribution in [2.45, 2.75) is 58.1 Å². The fraction of sp³-hybridized carbons (Fsp3) is 0.667. The Kier molecular flexibility index (Phi) is 6.00. The molecule has 1 aromatic rings. The van der Waals surface area contributed by atoms with Crippen molar-refractivity contribution in [1.82, 2.24) is 9.80 Å². The fourth-order valence-corrected chi connectivity index (χ4v) is 4.34. The molecule has 0 radical (unpaired) electrons.